The van der Waals surface area contributed by atoms with Gasteiger partial charge in [-0.15, -0.1) is 0 Å². The summed E-state index contributed by atoms with van der Waals surface area (Å²) in [6.45, 7) is 9.34. The first-order chi connectivity index (χ1) is 13.6. The lowest BCUT2D eigenvalue weighted by Crippen LogP contribution is -2.39. The van der Waals surface area contributed by atoms with Crippen molar-refractivity contribution in [2.24, 2.45) is 13.0 Å². The van der Waals surface area contributed by atoms with Crippen LogP contribution < -0.4 is 5.32 Å². The van der Waals surface area contributed by atoms with Gasteiger partial charge in [-0.05, 0) is 69.7 Å². The molecule has 3 heterocycles. The number of rotatable bonds is 6. The van der Waals surface area contributed by atoms with E-state index in [0.29, 0.717) is 12.0 Å². The Kier molecular flexibility index (Phi) is 5.63. The predicted molar refractivity (Wildman–Crippen MR) is 117 cm³/mol. The Morgan fingerprint density at radius 3 is 2.64 bits per heavy atom. The van der Waals surface area contributed by atoms with Crippen LogP contribution in [0.1, 0.15) is 58.4 Å². The van der Waals surface area contributed by atoms with Crippen molar-refractivity contribution in [2.75, 3.05) is 18.4 Å². The van der Waals surface area contributed by atoms with Crippen molar-refractivity contribution in [1.29, 1.82) is 0 Å². The van der Waals surface area contributed by atoms with Gasteiger partial charge in [0.1, 0.15) is 5.82 Å². The van der Waals surface area contributed by atoms with Crippen molar-refractivity contribution in [3.63, 3.8) is 0 Å². The van der Waals surface area contributed by atoms with Gasteiger partial charge in [0.25, 0.3) is 0 Å². The Hall–Kier alpha value is -2.01. The van der Waals surface area contributed by atoms with Crippen LogP contribution in [0.4, 0.5) is 5.82 Å². The molecule has 152 valence electrons. The molecule has 1 aliphatic carbocycles. The second-order valence-corrected chi connectivity index (χ2v) is 8.54. The van der Waals surface area contributed by atoms with Crippen LogP contribution in [0.3, 0.4) is 0 Å². The smallest absolute Gasteiger partial charge is 0.111 e. The van der Waals surface area contributed by atoms with Gasteiger partial charge in [-0.25, -0.2) is 0 Å². The molecule has 2 N–H and O–H groups in total. The number of nitrogens with zero attached hydrogens (tertiary/aromatic N) is 3. The van der Waals surface area contributed by atoms with Crippen molar-refractivity contribution < 1.29 is 0 Å². The first-order valence-corrected chi connectivity index (χ1v) is 11.0. The zero-order valence-electron chi connectivity index (χ0n) is 17.8. The molecule has 28 heavy (non-hydrogen) atoms. The topological polar surface area (TPSA) is 48.9 Å². The summed E-state index contributed by atoms with van der Waals surface area (Å²) < 4.78 is 1.87. The van der Waals surface area contributed by atoms with Crippen LogP contribution >= 0.6 is 0 Å². The average Bonchev–Trinajstić information content (AvgIpc) is 3.31. The van der Waals surface area contributed by atoms with Gasteiger partial charge in [-0.3, -0.25) is 4.68 Å². The number of nitrogens with one attached hydrogen (secondary N) is 2. The van der Waals surface area contributed by atoms with E-state index in [1.165, 1.54) is 61.9 Å². The Morgan fingerprint density at radius 1 is 1.21 bits per heavy atom. The standard InChI is InChI=1S/C23H35N5/c1-5-11-28(6-2)19-9-7-17(8-10-19)20-12-21-22(18-13-25-27(4)15-18)14-24-23(21)26-16(20)3/h12-17,19,24,26H,5-11H2,1-4H3. The summed E-state index contributed by atoms with van der Waals surface area (Å²) in [5.41, 5.74) is 5.29. The molecule has 0 aromatic carbocycles. The lowest BCUT2D eigenvalue weighted by atomic mass is 9.77. The first-order valence-electron chi connectivity index (χ1n) is 11.0. The molecule has 5 heteroatoms. The van der Waals surface area contributed by atoms with Gasteiger partial charge in [0.05, 0.1) is 6.20 Å². The molecule has 1 atom stereocenters. The van der Waals surface area contributed by atoms with Crippen LogP contribution in [-0.4, -0.2) is 44.8 Å². The molecule has 2 aliphatic rings. The summed E-state index contributed by atoms with van der Waals surface area (Å²) in [7, 11) is 1.97. The van der Waals surface area contributed by atoms with Crippen molar-refractivity contribution in [3.8, 4) is 11.1 Å². The maximum absolute atomic E-state index is 4.35. The normalized spacial score (nSPS) is 24.8. The van der Waals surface area contributed by atoms with E-state index in [0.717, 1.165) is 11.9 Å². The third kappa shape index (κ3) is 3.64. The third-order valence-corrected chi connectivity index (χ3v) is 6.71. The fraction of sp³-hybridized carbons (Fsp3) is 0.609. The number of fused-ring (bicyclic) bond motifs is 1. The van der Waals surface area contributed by atoms with Gasteiger partial charge >= 0.3 is 0 Å². The minimum atomic E-state index is 0.396. The van der Waals surface area contributed by atoms with Gasteiger partial charge in [0.2, 0.25) is 0 Å². The van der Waals surface area contributed by atoms with E-state index in [1.54, 1.807) is 5.57 Å². The Morgan fingerprint density at radius 2 is 2.00 bits per heavy atom. The number of aromatic amines is 1. The van der Waals surface area contributed by atoms with Crippen LogP contribution in [0.5, 0.6) is 0 Å². The molecular formula is C23H35N5. The van der Waals surface area contributed by atoms with Gasteiger partial charge < -0.3 is 15.2 Å². The molecule has 2 aromatic rings. The molecule has 0 radical (unpaired) electrons. The SMILES string of the molecule is CCCN(CC)C1CCC(C2=Cc3c(-c4cnn(C)c4)c[nH]c3NC2C)CC1. The van der Waals surface area contributed by atoms with Gasteiger partial charge in [0, 0.05) is 48.2 Å². The molecule has 1 unspecified atom stereocenters. The highest BCUT2D eigenvalue weighted by Crippen LogP contribution is 2.41. The summed E-state index contributed by atoms with van der Waals surface area (Å²) >= 11 is 0. The van der Waals surface area contributed by atoms with E-state index < -0.39 is 0 Å². The second-order valence-electron chi connectivity index (χ2n) is 8.54. The quantitative estimate of drug-likeness (QED) is 0.748. The largest absolute Gasteiger partial charge is 0.365 e. The van der Waals surface area contributed by atoms with Crippen LogP contribution in [-0.2, 0) is 7.05 Å². The van der Waals surface area contributed by atoms with Crippen LogP contribution in [0, 0.1) is 5.92 Å². The highest BCUT2D eigenvalue weighted by Gasteiger charge is 2.31. The number of H-pyrrole nitrogens is 1. The highest BCUT2D eigenvalue weighted by atomic mass is 15.2. The predicted octanol–water partition coefficient (Wildman–Crippen LogP) is 4.90. The number of hydrogen-bond acceptors (Lipinski definition) is 3. The van der Waals surface area contributed by atoms with E-state index in [4.69, 9.17) is 0 Å². The molecule has 0 amide bonds. The van der Waals surface area contributed by atoms with E-state index in [-0.39, 0.29) is 0 Å². The van der Waals surface area contributed by atoms with Crippen molar-refractivity contribution in [3.05, 3.63) is 29.7 Å². The molecular weight excluding hydrogens is 346 g/mol. The first kappa shape index (κ1) is 19.3. The fourth-order valence-corrected chi connectivity index (χ4v) is 5.23. The number of hydrogen-bond donors (Lipinski definition) is 2. The maximum atomic E-state index is 4.35. The number of aromatic nitrogens is 3. The lowest BCUT2D eigenvalue weighted by Gasteiger charge is -2.39. The summed E-state index contributed by atoms with van der Waals surface area (Å²) in [5, 5.41) is 8.06. The molecule has 4 rings (SSSR count). The van der Waals surface area contributed by atoms with E-state index >= 15 is 0 Å². The van der Waals surface area contributed by atoms with Crippen LogP contribution in [0.25, 0.3) is 17.2 Å². The Labute approximate surface area is 169 Å². The van der Waals surface area contributed by atoms with Crippen LogP contribution in [0.15, 0.2) is 24.2 Å². The molecule has 1 aliphatic heterocycles. The van der Waals surface area contributed by atoms with Crippen molar-refractivity contribution >= 4 is 11.9 Å². The molecule has 1 saturated carbocycles. The minimum absolute atomic E-state index is 0.396. The summed E-state index contributed by atoms with van der Waals surface area (Å²) in [6.07, 6.45) is 15.2. The van der Waals surface area contributed by atoms with Crippen molar-refractivity contribution in [1.82, 2.24) is 19.7 Å². The highest BCUT2D eigenvalue weighted by molar-refractivity contribution is 5.84. The monoisotopic (exact) mass is 381 g/mol. The fourth-order valence-electron chi connectivity index (χ4n) is 5.23. The van der Waals surface area contributed by atoms with Crippen molar-refractivity contribution in [2.45, 2.75) is 65.0 Å². The average molecular weight is 382 g/mol. The zero-order chi connectivity index (χ0) is 19.7. The van der Waals surface area contributed by atoms with Gasteiger partial charge in [0.15, 0.2) is 0 Å². The van der Waals surface area contributed by atoms with E-state index in [1.807, 2.05) is 17.9 Å². The molecule has 5 nitrogen and oxygen atoms in total. The van der Waals surface area contributed by atoms with E-state index in [9.17, 15) is 0 Å². The number of anilines is 1. The third-order valence-electron chi connectivity index (χ3n) is 6.71. The summed E-state index contributed by atoms with van der Waals surface area (Å²) in [4.78, 5) is 6.12. The second kappa shape index (κ2) is 8.16. The lowest BCUT2D eigenvalue weighted by molar-refractivity contribution is 0.149. The van der Waals surface area contributed by atoms with Gasteiger partial charge in [-0.2, -0.15) is 5.10 Å². The summed E-state index contributed by atoms with van der Waals surface area (Å²) in [6, 6.07) is 1.18. The molecule has 1 fully saturated rings. The number of aryl methyl sites for hydroxylation is 1. The minimum Gasteiger partial charge on any atom is -0.365 e. The molecule has 2 aromatic heterocycles. The Bertz CT molecular complexity index is 822. The molecule has 0 bridgehead atoms. The molecule has 0 saturated heterocycles. The Balaban J connectivity index is 1.53. The van der Waals surface area contributed by atoms with Gasteiger partial charge in [-0.1, -0.05) is 13.8 Å². The van der Waals surface area contributed by atoms with Crippen LogP contribution in [0.2, 0.25) is 0 Å². The van der Waals surface area contributed by atoms with E-state index in [2.05, 4.69) is 59.5 Å². The zero-order valence-corrected chi connectivity index (χ0v) is 17.8. The summed E-state index contributed by atoms with van der Waals surface area (Å²) in [5.74, 6) is 1.84. The molecule has 0 spiro atoms. The maximum Gasteiger partial charge on any atom is 0.111 e.